The molecule has 0 aromatic heterocycles. The number of amides is 1. The Morgan fingerprint density at radius 3 is 2.62 bits per heavy atom. The number of nitrogens with one attached hydrogen (secondary N) is 1. The Labute approximate surface area is 242 Å². The summed E-state index contributed by atoms with van der Waals surface area (Å²) >= 11 is 7.52. The minimum absolute atomic E-state index is 0.0518. The molecular formula is C30H25ClN2O5S2. The molecule has 0 spiro atoms. The molecule has 0 saturated heterocycles. The summed E-state index contributed by atoms with van der Waals surface area (Å²) < 4.78 is 40.6. The van der Waals surface area contributed by atoms with Gasteiger partial charge >= 0.3 is 0 Å². The van der Waals surface area contributed by atoms with E-state index in [9.17, 15) is 13.2 Å². The van der Waals surface area contributed by atoms with Gasteiger partial charge in [-0.2, -0.15) is 0 Å². The highest BCUT2D eigenvalue weighted by atomic mass is 35.5. The fraction of sp³-hybridized carbons (Fsp3) is 0.167. The lowest BCUT2D eigenvalue weighted by Crippen LogP contribution is -2.41. The number of carbonyl (C=O) groups excluding carboxylic acids is 1. The summed E-state index contributed by atoms with van der Waals surface area (Å²) in [4.78, 5) is 15.0. The number of halogens is 1. The molecule has 0 radical (unpaired) electrons. The first-order chi connectivity index (χ1) is 19.4. The number of fused-ring (bicyclic) bond motifs is 2. The quantitative estimate of drug-likeness (QED) is 0.291. The molecule has 2 aliphatic rings. The van der Waals surface area contributed by atoms with Crippen molar-refractivity contribution in [2.24, 2.45) is 0 Å². The zero-order valence-electron chi connectivity index (χ0n) is 21.2. The molecule has 0 unspecified atom stereocenters. The molecule has 2 heterocycles. The maximum atomic E-state index is 13.7. The van der Waals surface area contributed by atoms with Crippen molar-refractivity contribution < 1.29 is 22.7 Å². The van der Waals surface area contributed by atoms with Crippen molar-refractivity contribution in [3.05, 3.63) is 107 Å². The van der Waals surface area contributed by atoms with Crippen molar-refractivity contribution in [1.82, 2.24) is 5.32 Å². The van der Waals surface area contributed by atoms with E-state index in [1.807, 2.05) is 54.6 Å². The monoisotopic (exact) mass is 592 g/mol. The lowest BCUT2D eigenvalue weighted by molar-refractivity contribution is 0.0787. The number of rotatable bonds is 7. The third-order valence-corrected chi connectivity index (χ3v) is 9.82. The number of carbonyl (C=O) groups is 1. The Hall–Kier alpha value is -3.66. The van der Waals surface area contributed by atoms with Crippen LogP contribution in [-0.2, 0) is 16.4 Å². The molecule has 0 bridgehead atoms. The van der Waals surface area contributed by atoms with Gasteiger partial charge in [0.2, 0.25) is 0 Å². The Kier molecular flexibility index (Phi) is 7.35. The molecule has 1 amide bonds. The molecule has 1 N–H and O–H groups in total. The molecular weight excluding hydrogens is 568 g/mol. The third kappa shape index (κ3) is 5.37. The maximum absolute atomic E-state index is 13.7. The molecule has 6 rings (SSSR count). The molecule has 4 aromatic carbocycles. The first kappa shape index (κ1) is 26.6. The van der Waals surface area contributed by atoms with Crippen LogP contribution < -0.4 is 19.1 Å². The van der Waals surface area contributed by atoms with Crippen LogP contribution in [0.3, 0.4) is 0 Å². The lowest BCUT2D eigenvalue weighted by atomic mass is 10.2. The van der Waals surface area contributed by atoms with Crippen molar-refractivity contribution in [3.63, 3.8) is 0 Å². The second-order valence-corrected chi connectivity index (χ2v) is 12.8. The van der Waals surface area contributed by atoms with E-state index in [0.29, 0.717) is 40.1 Å². The fourth-order valence-electron chi connectivity index (χ4n) is 4.74. The average molecular weight is 593 g/mol. The fourth-order valence-corrected chi connectivity index (χ4v) is 7.51. The third-order valence-electron chi connectivity index (χ3n) is 6.71. The van der Waals surface area contributed by atoms with Gasteiger partial charge in [-0.05, 0) is 66.6 Å². The van der Waals surface area contributed by atoms with E-state index < -0.39 is 22.0 Å². The van der Waals surface area contributed by atoms with Crippen LogP contribution in [0.4, 0.5) is 5.69 Å². The summed E-state index contributed by atoms with van der Waals surface area (Å²) in [6, 6.07) is 26.8. The largest absolute Gasteiger partial charge is 0.486 e. The van der Waals surface area contributed by atoms with Crippen LogP contribution in [0, 0.1) is 0 Å². The number of ether oxygens (including phenoxy) is 2. The number of para-hydroxylation sites is 3. The topological polar surface area (TPSA) is 84.9 Å². The van der Waals surface area contributed by atoms with Gasteiger partial charge in [0.05, 0.1) is 22.7 Å². The van der Waals surface area contributed by atoms with E-state index in [1.54, 1.807) is 30.3 Å². The van der Waals surface area contributed by atoms with Crippen molar-refractivity contribution in [2.75, 3.05) is 24.0 Å². The minimum atomic E-state index is -3.90. The van der Waals surface area contributed by atoms with E-state index in [2.05, 4.69) is 5.32 Å². The van der Waals surface area contributed by atoms with E-state index in [0.717, 1.165) is 10.5 Å². The molecule has 0 fully saturated rings. The van der Waals surface area contributed by atoms with Crippen molar-refractivity contribution in [1.29, 1.82) is 0 Å². The van der Waals surface area contributed by atoms with Crippen molar-refractivity contribution in [3.8, 4) is 11.5 Å². The number of hydrogen-bond acceptors (Lipinski definition) is 6. The molecule has 4 aromatic rings. The molecule has 1 atom stereocenters. The first-order valence-electron chi connectivity index (χ1n) is 12.7. The Bertz CT molecular complexity index is 1700. The normalized spacial score (nSPS) is 15.9. The van der Waals surface area contributed by atoms with Gasteiger partial charge in [-0.3, -0.25) is 9.10 Å². The Morgan fingerprint density at radius 1 is 0.975 bits per heavy atom. The predicted molar refractivity (Wildman–Crippen MR) is 155 cm³/mol. The number of hydrogen-bond donors (Lipinski definition) is 1. The predicted octanol–water partition coefficient (Wildman–Crippen LogP) is 5.81. The van der Waals surface area contributed by atoms with Crippen LogP contribution in [0.1, 0.15) is 15.9 Å². The number of sulfonamides is 1. The van der Waals surface area contributed by atoms with Crippen molar-refractivity contribution >= 4 is 45.0 Å². The van der Waals surface area contributed by atoms with Crippen LogP contribution in [0.15, 0.2) is 106 Å². The number of anilines is 1. The van der Waals surface area contributed by atoms with Gasteiger partial charge in [0.25, 0.3) is 15.9 Å². The second kappa shape index (κ2) is 11.1. The highest BCUT2D eigenvalue weighted by Crippen LogP contribution is 2.37. The molecule has 10 heteroatoms. The van der Waals surface area contributed by atoms with Crippen molar-refractivity contribution in [2.45, 2.75) is 27.2 Å². The Balaban J connectivity index is 1.28. The van der Waals surface area contributed by atoms with Crippen LogP contribution in [0.25, 0.3) is 0 Å². The van der Waals surface area contributed by atoms with E-state index >= 15 is 0 Å². The second-order valence-electron chi connectivity index (χ2n) is 9.38. The van der Waals surface area contributed by atoms with Gasteiger partial charge in [0.15, 0.2) is 11.5 Å². The summed E-state index contributed by atoms with van der Waals surface area (Å²) in [6.07, 6.45) is 0.244. The summed E-state index contributed by atoms with van der Waals surface area (Å²) in [5.74, 6) is 0.863. The molecule has 7 nitrogen and oxygen atoms in total. The van der Waals surface area contributed by atoms with Gasteiger partial charge in [0, 0.05) is 21.4 Å². The summed E-state index contributed by atoms with van der Waals surface area (Å²) in [6.45, 7) is 0.817. The minimum Gasteiger partial charge on any atom is -0.486 e. The highest BCUT2D eigenvalue weighted by molar-refractivity contribution is 7.99. The highest BCUT2D eigenvalue weighted by Gasteiger charge is 2.32. The van der Waals surface area contributed by atoms with Crippen LogP contribution >= 0.6 is 23.4 Å². The smallest absolute Gasteiger partial charge is 0.264 e. The van der Waals surface area contributed by atoms with Gasteiger partial charge < -0.3 is 14.8 Å². The zero-order valence-corrected chi connectivity index (χ0v) is 23.6. The molecule has 0 saturated carbocycles. The first-order valence-corrected chi connectivity index (χ1v) is 15.4. The molecule has 0 aliphatic carbocycles. The van der Waals surface area contributed by atoms with Crippen LogP contribution in [0.2, 0.25) is 5.02 Å². The zero-order chi connectivity index (χ0) is 27.7. The SMILES string of the molecule is O=C(NC[C@H]1COc2ccccc2O1)c1cc(S(=O)(=O)N2CCc3ccccc32)ccc1Sc1cccc(Cl)c1. The maximum Gasteiger partial charge on any atom is 0.264 e. The molecule has 204 valence electrons. The molecule has 2 aliphatic heterocycles. The summed E-state index contributed by atoms with van der Waals surface area (Å²) in [5, 5.41) is 3.48. The van der Waals surface area contributed by atoms with E-state index in [-0.39, 0.29) is 23.6 Å². The van der Waals surface area contributed by atoms with Crippen LogP contribution in [0.5, 0.6) is 11.5 Å². The summed E-state index contributed by atoms with van der Waals surface area (Å²) in [5.41, 5.74) is 1.89. The standard InChI is InChI=1S/C30H25ClN2O5S2/c31-21-7-5-8-23(16-21)39-29-13-12-24(40(35,36)33-15-14-20-6-1-2-9-26(20)33)17-25(29)30(34)32-18-22-19-37-27-10-3-4-11-28(27)38-22/h1-13,16-17,22H,14-15,18-19H2,(H,32,34)/t22-/m0/s1. The van der Waals surface area contributed by atoms with Gasteiger partial charge in [-0.1, -0.05) is 59.8 Å². The van der Waals surface area contributed by atoms with Gasteiger partial charge in [-0.15, -0.1) is 0 Å². The number of benzene rings is 4. The van der Waals surface area contributed by atoms with E-state index in [4.69, 9.17) is 21.1 Å². The van der Waals surface area contributed by atoms with Gasteiger partial charge in [0.1, 0.15) is 12.7 Å². The average Bonchev–Trinajstić information content (AvgIpc) is 3.41. The van der Waals surface area contributed by atoms with E-state index in [1.165, 1.54) is 22.1 Å². The Morgan fingerprint density at radius 2 is 1.77 bits per heavy atom. The lowest BCUT2D eigenvalue weighted by Gasteiger charge is -2.26. The summed E-state index contributed by atoms with van der Waals surface area (Å²) in [7, 11) is -3.90. The number of nitrogens with zero attached hydrogens (tertiary/aromatic N) is 1. The van der Waals surface area contributed by atoms with Crippen LogP contribution in [-0.4, -0.2) is 40.1 Å². The van der Waals surface area contributed by atoms with Gasteiger partial charge in [-0.25, -0.2) is 8.42 Å². The molecule has 40 heavy (non-hydrogen) atoms.